The molecule has 0 amide bonds. The van der Waals surface area contributed by atoms with Gasteiger partial charge in [-0.1, -0.05) is 42.5 Å². The minimum absolute atomic E-state index is 0.134. The van der Waals surface area contributed by atoms with E-state index in [1.54, 1.807) is 54.6 Å². The molecule has 1 heterocycles. The zero-order valence-corrected chi connectivity index (χ0v) is 16.7. The first-order valence-corrected chi connectivity index (χ1v) is 9.91. The lowest BCUT2D eigenvalue weighted by Gasteiger charge is -2.09. The Labute approximate surface area is 179 Å². The van der Waals surface area contributed by atoms with Crippen molar-refractivity contribution in [2.24, 2.45) is 0 Å². The molecule has 0 aromatic heterocycles. The SMILES string of the molecule is O=C(COC(=O)c1ccc(C(=O)c2ccccc2)cc1)c1ccc2c(c1)OCCCO2. The van der Waals surface area contributed by atoms with Crippen molar-refractivity contribution in [2.45, 2.75) is 6.42 Å². The lowest BCUT2D eigenvalue weighted by molar-refractivity contribution is 0.0474. The first-order chi connectivity index (χ1) is 15.1. The molecule has 1 aliphatic rings. The number of fused-ring (bicyclic) bond motifs is 1. The Morgan fingerprint density at radius 1 is 0.710 bits per heavy atom. The third-order valence-electron chi connectivity index (χ3n) is 4.82. The van der Waals surface area contributed by atoms with Gasteiger partial charge in [0.25, 0.3) is 0 Å². The summed E-state index contributed by atoms with van der Waals surface area (Å²) in [5.41, 5.74) is 1.67. The van der Waals surface area contributed by atoms with Crippen molar-refractivity contribution in [3.8, 4) is 11.5 Å². The van der Waals surface area contributed by atoms with Crippen LogP contribution >= 0.6 is 0 Å². The number of hydrogen-bond donors (Lipinski definition) is 0. The molecule has 0 spiro atoms. The number of ketones is 2. The smallest absolute Gasteiger partial charge is 0.338 e. The molecule has 6 heteroatoms. The van der Waals surface area contributed by atoms with Gasteiger partial charge in [-0.05, 0) is 30.3 Å². The highest BCUT2D eigenvalue weighted by Gasteiger charge is 2.17. The molecule has 3 aromatic rings. The molecule has 0 bridgehead atoms. The molecule has 4 rings (SSSR count). The number of benzene rings is 3. The van der Waals surface area contributed by atoms with E-state index in [-0.39, 0.29) is 17.1 Å². The molecule has 6 nitrogen and oxygen atoms in total. The van der Waals surface area contributed by atoms with Crippen LogP contribution in [0.25, 0.3) is 0 Å². The molecule has 156 valence electrons. The molecule has 1 aliphatic heterocycles. The quantitative estimate of drug-likeness (QED) is 0.444. The highest BCUT2D eigenvalue weighted by Crippen LogP contribution is 2.30. The fraction of sp³-hybridized carbons (Fsp3) is 0.160. The average Bonchev–Trinajstić information content (AvgIpc) is 3.07. The molecule has 0 aliphatic carbocycles. The first-order valence-electron chi connectivity index (χ1n) is 9.91. The van der Waals surface area contributed by atoms with Gasteiger partial charge in [0.15, 0.2) is 29.7 Å². The first kappa shape index (κ1) is 20.3. The average molecular weight is 416 g/mol. The van der Waals surface area contributed by atoms with Crippen LogP contribution in [-0.2, 0) is 4.74 Å². The lowest BCUT2D eigenvalue weighted by Crippen LogP contribution is -2.14. The van der Waals surface area contributed by atoms with Gasteiger partial charge in [0, 0.05) is 23.1 Å². The zero-order chi connectivity index (χ0) is 21.6. The topological polar surface area (TPSA) is 78.9 Å². The van der Waals surface area contributed by atoms with E-state index >= 15 is 0 Å². The Hall–Kier alpha value is -3.93. The van der Waals surface area contributed by atoms with E-state index in [0.29, 0.717) is 41.4 Å². The minimum Gasteiger partial charge on any atom is -0.490 e. The summed E-state index contributed by atoms with van der Waals surface area (Å²) in [6, 6.07) is 19.9. The summed E-state index contributed by atoms with van der Waals surface area (Å²) in [6.45, 7) is 0.680. The van der Waals surface area contributed by atoms with Crippen LogP contribution in [-0.4, -0.2) is 37.4 Å². The van der Waals surface area contributed by atoms with Gasteiger partial charge in [0.05, 0.1) is 18.8 Å². The number of rotatable bonds is 6. The maximum Gasteiger partial charge on any atom is 0.338 e. The van der Waals surface area contributed by atoms with Crippen LogP contribution in [0.1, 0.15) is 43.1 Å². The summed E-state index contributed by atoms with van der Waals surface area (Å²) in [7, 11) is 0. The molecule has 0 atom stereocenters. The summed E-state index contributed by atoms with van der Waals surface area (Å²) in [4.78, 5) is 37.2. The van der Waals surface area contributed by atoms with Gasteiger partial charge in [0.1, 0.15) is 0 Å². The lowest BCUT2D eigenvalue weighted by atomic mass is 10.0. The van der Waals surface area contributed by atoms with Gasteiger partial charge in [-0.25, -0.2) is 4.79 Å². The molecule has 0 unspecified atom stereocenters. The number of hydrogen-bond acceptors (Lipinski definition) is 6. The highest BCUT2D eigenvalue weighted by atomic mass is 16.5. The summed E-state index contributed by atoms with van der Waals surface area (Å²) in [5, 5.41) is 0. The Balaban J connectivity index is 1.37. The molecule has 31 heavy (non-hydrogen) atoms. The van der Waals surface area contributed by atoms with Gasteiger partial charge in [-0.15, -0.1) is 0 Å². The molecule has 0 N–H and O–H groups in total. The van der Waals surface area contributed by atoms with Crippen molar-refractivity contribution < 1.29 is 28.6 Å². The van der Waals surface area contributed by atoms with Gasteiger partial charge in [0.2, 0.25) is 0 Å². The van der Waals surface area contributed by atoms with Crippen molar-refractivity contribution in [3.63, 3.8) is 0 Å². The molecular formula is C25H20O6. The van der Waals surface area contributed by atoms with E-state index in [1.807, 2.05) is 6.07 Å². The normalized spacial score (nSPS) is 12.5. The summed E-state index contributed by atoms with van der Waals surface area (Å²) < 4.78 is 16.3. The van der Waals surface area contributed by atoms with E-state index in [0.717, 1.165) is 6.42 Å². The number of carbonyl (C=O) groups is 3. The second kappa shape index (κ2) is 9.26. The van der Waals surface area contributed by atoms with E-state index in [9.17, 15) is 14.4 Å². The van der Waals surface area contributed by atoms with Crippen LogP contribution in [0.2, 0.25) is 0 Å². The molecule has 0 radical (unpaired) electrons. The van der Waals surface area contributed by atoms with E-state index in [1.165, 1.54) is 12.1 Å². The zero-order valence-electron chi connectivity index (χ0n) is 16.7. The van der Waals surface area contributed by atoms with Crippen molar-refractivity contribution in [1.82, 2.24) is 0 Å². The fourth-order valence-corrected chi connectivity index (χ4v) is 3.15. The van der Waals surface area contributed by atoms with Crippen molar-refractivity contribution in [2.75, 3.05) is 19.8 Å². The third-order valence-corrected chi connectivity index (χ3v) is 4.82. The van der Waals surface area contributed by atoms with Crippen LogP contribution in [0.3, 0.4) is 0 Å². The fourth-order valence-electron chi connectivity index (χ4n) is 3.15. The van der Waals surface area contributed by atoms with Crippen LogP contribution in [0.15, 0.2) is 72.8 Å². The van der Waals surface area contributed by atoms with Crippen molar-refractivity contribution >= 4 is 17.5 Å². The van der Waals surface area contributed by atoms with Crippen LogP contribution < -0.4 is 9.47 Å². The van der Waals surface area contributed by atoms with Gasteiger partial charge in [-0.3, -0.25) is 9.59 Å². The van der Waals surface area contributed by atoms with Crippen LogP contribution in [0.4, 0.5) is 0 Å². The molecule has 0 saturated heterocycles. The minimum atomic E-state index is -0.638. The van der Waals surface area contributed by atoms with E-state index in [4.69, 9.17) is 14.2 Å². The number of ether oxygens (including phenoxy) is 3. The molecule has 0 saturated carbocycles. The van der Waals surface area contributed by atoms with Gasteiger partial charge >= 0.3 is 5.97 Å². The molecule has 3 aromatic carbocycles. The monoisotopic (exact) mass is 416 g/mol. The highest BCUT2D eigenvalue weighted by molar-refractivity contribution is 6.09. The summed E-state index contributed by atoms with van der Waals surface area (Å²) in [5.74, 6) is -0.0177. The van der Waals surface area contributed by atoms with Crippen LogP contribution in [0.5, 0.6) is 11.5 Å². The third kappa shape index (κ3) is 4.80. The second-order valence-electron chi connectivity index (χ2n) is 6.98. The number of esters is 1. The predicted molar refractivity (Wildman–Crippen MR) is 113 cm³/mol. The van der Waals surface area contributed by atoms with Gasteiger partial charge in [-0.2, -0.15) is 0 Å². The molecule has 0 fully saturated rings. The maximum absolute atomic E-state index is 12.4. The van der Waals surface area contributed by atoms with Crippen molar-refractivity contribution in [1.29, 1.82) is 0 Å². The second-order valence-corrected chi connectivity index (χ2v) is 6.98. The van der Waals surface area contributed by atoms with Crippen LogP contribution in [0, 0.1) is 0 Å². The molecular weight excluding hydrogens is 396 g/mol. The Morgan fingerprint density at radius 3 is 2.06 bits per heavy atom. The Bertz CT molecular complexity index is 1100. The largest absolute Gasteiger partial charge is 0.490 e. The summed E-state index contributed by atoms with van der Waals surface area (Å²) >= 11 is 0. The summed E-state index contributed by atoms with van der Waals surface area (Å²) in [6.07, 6.45) is 0.769. The number of carbonyl (C=O) groups excluding carboxylic acids is 3. The van der Waals surface area contributed by atoms with Gasteiger partial charge < -0.3 is 14.2 Å². The Kier molecular flexibility index (Phi) is 6.08. The standard InChI is InChI=1S/C25H20O6/c26-21(20-11-12-22-23(15-20)30-14-4-13-29-22)16-31-25(28)19-9-7-18(8-10-19)24(27)17-5-2-1-3-6-17/h1-3,5-12,15H,4,13-14,16H2. The maximum atomic E-state index is 12.4. The van der Waals surface area contributed by atoms with E-state index in [2.05, 4.69) is 0 Å². The van der Waals surface area contributed by atoms with E-state index < -0.39 is 12.6 Å². The Morgan fingerprint density at radius 2 is 1.32 bits per heavy atom. The predicted octanol–water partition coefficient (Wildman–Crippen LogP) is 4.12. The number of Topliss-reactive ketones (excluding diaryl/α,β-unsaturated/α-hetero) is 1. The van der Waals surface area contributed by atoms with Crippen molar-refractivity contribution in [3.05, 3.63) is 95.1 Å².